The first-order chi connectivity index (χ1) is 6.75. The number of fused-ring (bicyclic) bond motifs is 1. The second-order valence-electron chi connectivity index (χ2n) is 3.46. The lowest BCUT2D eigenvalue weighted by Crippen LogP contribution is -2.00. The minimum atomic E-state index is -0.234. The molecule has 1 N–H and O–H groups in total. The van der Waals surface area contributed by atoms with Crippen LogP contribution in [-0.2, 0) is 6.42 Å². The number of aryl methyl sites for hydroxylation is 1. The zero-order chi connectivity index (χ0) is 9.97. The quantitative estimate of drug-likeness (QED) is 0.839. The van der Waals surface area contributed by atoms with Gasteiger partial charge >= 0.3 is 0 Å². The number of aromatic nitrogens is 1. The zero-order valence-electron chi connectivity index (χ0n) is 8.10. The molecule has 0 aliphatic rings. The van der Waals surface area contributed by atoms with Gasteiger partial charge in [0.25, 0.3) is 0 Å². The molecule has 0 radical (unpaired) electrons. The number of nitrogens with zero attached hydrogens (tertiary/aromatic N) is 1. The van der Waals surface area contributed by atoms with Crippen LogP contribution in [0.5, 0.6) is 0 Å². The molecule has 14 heavy (non-hydrogen) atoms. The van der Waals surface area contributed by atoms with Crippen molar-refractivity contribution in [1.82, 2.24) is 4.98 Å². The minimum Gasteiger partial charge on any atom is -0.393 e. The van der Waals surface area contributed by atoms with Gasteiger partial charge in [0.1, 0.15) is 0 Å². The highest BCUT2D eigenvalue weighted by molar-refractivity contribution is 7.18. The number of thiazole rings is 1. The second kappa shape index (κ2) is 4.07. The molecule has 0 spiro atoms. The van der Waals surface area contributed by atoms with Crippen molar-refractivity contribution in [1.29, 1.82) is 0 Å². The summed E-state index contributed by atoms with van der Waals surface area (Å²) in [6, 6.07) is 8.13. The van der Waals surface area contributed by atoms with Crippen molar-refractivity contribution in [2.75, 3.05) is 0 Å². The summed E-state index contributed by atoms with van der Waals surface area (Å²) in [7, 11) is 0. The van der Waals surface area contributed by atoms with E-state index < -0.39 is 0 Å². The van der Waals surface area contributed by atoms with Crippen LogP contribution in [0.1, 0.15) is 18.4 Å². The molecule has 0 aliphatic heterocycles. The van der Waals surface area contributed by atoms with Crippen LogP contribution in [0, 0.1) is 0 Å². The number of hydrogen-bond acceptors (Lipinski definition) is 3. The highest BCUT2D eigenvalue weighted by Gasteiger charge is 2.04. The van der Waals surface area contributed by atoms with Gasteiger partial charge in [-0.2, -0.15) is 0 Å². The van der Waals surface area contributed by atoms with Gasteiger partial charge < -0.3 is 5.11 Å². The van der Waals surface area contributed by atoms with E-state index >= 15 is 0 Å². The molecule has 0 saturated carbocycles. The Labute approximate surface area is 87.2 Å². The highest BCUT2D eigenvalue weighted by Crippen LogP contribution is 2.22. The Bertz CT molecular complexity index is 389. The summed E-state index contributed by atoms with van der Waals surface area (Å²) in [5.74, 6) is 0. The fourth-order valence-electron chi connectivity index (χ4n) is 1.36. The van der Waals surface area contributed by atoms with Gasteiger partial charge in [0, 0.05) is 6.42 Å². The van der Waals surface area contributed by atoms with Gasteiger partial charge in [0.05, 0.1) is 21.3 Å². The molecule has 1 atom stereocenters. The predicted molar refractivity (Wildman–Crippen MR) is 59.6 cm³/mol. The van der Waals surface area contributed by atoms with Gasteiger partial charge in [0.2, 0.25) is 0 Å². The van der Waals surface area contributed by atoms with Crippen molar-refractivity contribution >= 4 is 21.6 Å². The highest BCUT2D eigenvalue weighted by atomic mass is 32.1. The van der Waals surface area contributed by atoms with Crippen LogP contribution in [0.4, 0.5) is 0 Å². The maximum Gasteiger partial charge on any atom is 0.0939 e. The molecule has 2 aromatic rings. The molecule has 1 heterocycles. The van der Waals surface area contributed by atoms with E-state index in [1.807, 2.05) is 25.1 Å². The molecule has 0 fully saturated rings. The third kappa shape index (κ3) is 2.11. The normalized spacial score (nSPS) is 13.3. The summed E-state index contributed by atoms with van der Waals surface area (Å²) in [6.07, 6.45) is 1.43. The van der Waals surface area contributed by atoms with E-state index in [4.69, 9.17) is 5.11 Å². The number of hydrogen-bond donors (Lipinski definition) is 1. The first kappa shape index (κ1) is 9.62. The second-order valence-corrected chi connectivity index (χ2v) is 4.58. The van der Waals surface area contributed by atoms with E-state index in [2.05, 4.69) is 11.1 Å². The van der Waals surface area contributed by atoms with Crippen LogP contribution in [-0.4, -0.2) is 16.2 Å². The van der Waals surface area contributed by atoms with Crippen LogP contribution in [0.25, 0.3) is 10.2 Å². The number of aliphatic hydroxyl groups is 1. The van der Waals surface area contributed by atoms with E-state index in [0.29, 0.717) is 0 Å². The van der Waals surface area contributed by atoms with Crippen molar-refractivity contribution in [3.05, 3.63) is 29.3 Å². The maximum absolute atomic E-state index is 9.17. The van der Waals surface area contributed by atoms with Gasteiger partial charge in [-0.3, -0.25) is 0 Å². The number of aliphatic hydroxyl groups excluding tert-OH is 1. The molecular weight excluding hydrogens is 194 g/mol. The van der Waals surface area contributed by atoms with Crippen molar-refractivity contribution in [2.45, 2.75) is 25.9 Å². The molecule has 0 aliphatic carbocycles. The van der Waals surface area contributed by atoms with Gasteiger partial charge in [0.15, 0.2) is 0 Å². The molecule has 1 unspecified atom stereocenters. The largest absolute Gasteiger partial charge is 0.393 e. The lowest BCUT2D eigenvalue weighted by atomic mass is 10.2. The first-order valence-corrected chi connectivity index (χ1v) is 5.60. The topological polar surface area (TPSA) is 33.1 Å². The molecule has 0 saturated heterocycles. The Hall–Kier alpha value is -0.930. The van der Waals surface area contributed by atoms with E-state index in [0.717, 1.165) is 23.4 Å². The van der Waals surface area contributed by atoms with E-state index in [-0.39, 0.29) is 6.10 Å². The average molecular weight is 207 g/mol. The Kier molecular flexibility index (Phi) is 2.79. The maximum atomic E-state index is 9.17. The van der Waals surface area contributed by atoms with Gasteiger partial charge in [-0.05, 0) is 25.5 Å². The summed E-state index contributed by atoms with van der Waals surface area (Å²) >= 11 is 1.72. The summed E-state index contributed by atoms with van der Waals surface area (Å²) < 4.78 is 1.23. The Morgan fingerprint density at radius 1 is 1.43 bits per heavy atom. The van der Waals surface area contributed by atoms with E-state index in [1.165, 1.54) is 4.70 Å². The summed E-state index contributed by atoms with van der Waals surface area (Å²) in [5.41, 5.74) is 1.07. The summed E-state index contributed by atoms with van der Waals surface area (Å²) in [4.78, 5) is 4.49. The molecule has 3 heteroatoms. The lowest BCUT2D eigenvalue weighted by Gasteiger charge is -1.99. The number of benzene rings is 1. The van der Waals surface area contributed by atoms with Gasteiger partial charge in [-0.1, -0.05) is 12.1 Å². The molecular formula is C11H13NOS. The summed E-state index contributed by atoms with van der Waals surface area (Å²) in [6.45, 7) is 1.81. The van der Waals surface area contributed by atoms with Crippen molar-refractivity contribution < 1.29 is 5.11 Å². The first-order valence-electron chi connectivity index (χ1n) is 4.78. The smallest absolute Gasteiger partial charge is 0.0939 e. The Morgan fingerprint density at radius 3 is 2.93 bits per heavy atom. The Balaban J connectivity index is 2.19. The molecule has 2 nitrogen and oxygen atoms in total. The van der Waals surface area contributed by atoms with Crippen LogP contribution in [0.2, 0.25) is 0 Å². The molecule has 1 aromatic heterocycles. The molecule has 0 amide bonds. The molecule has 0 bridgehead atoms. The summed E-state index contributed by atoms with van der Waals surface area (Å²) in [5, 5.41) is 10.3. The van der Waals surface area contributed by atoms with Crippen LogP contribution < -0.4 is 0 Å². The lowest BCUT2D eigenvalue weighted by molar-refractivity contribution is 0.185. The molecule has 2 rings (SSSR count). The zero-order valence-corrected chi connectivity index (χ0v) is 8.92. The van der Waals surface area contributed by atoms with Gasteiger partial charge in [-0.25, -0.2) is 4.98 Å². The van der Waals surface area contributed by atoms with Crippen LogP contribution in [0.3, 0.4) is 0 Å². The third-order valence-corrected chi connectivity index (χ3v) is 3.21. The van der Waals surface area contributed by atoms with Crippen molar-refractivity contribution in [3.8, 4) is 0 Å². The van der Waals surface area contributed by atoms with Crippen LogP contribution in [0.15, 0.2) is 24.3 Å². The fraction of sp³-hybridized carbons (Fsp3) is 0.364. The SMILES string of the molecule is CC(O)CCc1nc2ccccc2s1. The van der Waals surface area contributed by atoms with E-state index in [1.54, 1.807) is 11.3 Å². The minimum absolute atomic E-state index is 0.234. The number of para-hydroxylation sites is 1. The number of rotatable bonds is 3. The standard InChI is InChI=1S/C11H13NOS/c1-8(13)6-7-11-12-9-4-2-3-5-10(9)14-11/h2-5,8,13H,6-7H2,1H3. The van der Waals surface area contributed by atoms with E-state index in [9.17, 15) is 0 Å². The molecule has 1 aromatic carbocycles. The average Bonchev–Trinajstić information content (AvgIpc) is 2.57. The monoisotopic (exact) mass is 207 g/mol. The Morgan fingerprint density at radius 2 is 2.21 bits per heavy atom. The van der Waals surface area contributed by atoms with Gasteiger partial charge in [-0.15, -0.1) is 11.3 Å². The van der Waals surface area contributed by atoms with Crippen molar-refractivity contribution in [2.24, 2.45) is 0 Å². The third-order valence-electron chi connectivity index (χ3n) is 2.11. The predicted octanol–water partition coefficient (Wildman–Crippen LogP) is 2.61. The molecule has 74 valence electrons. The fourth-order valence-corrected chi connectivity index (χ4v) is 2.34. The van der Waals surface area contributed by atoms with Crippen molar-refractivity contribution in [3.63, 3.8) is 0 Å². The van der Waals surface area contributed by atoms with Crippen LogP contribution >= 0.6 is 11.3 Å².